The van der Waals surface area contributed by atoms with E-state index < -0.39 is 23.4 Å². The van der Waals surface area contributed by atoms with Gasteiger partial charge in [-0.2, -0.15) is 0 Å². The monoisotopic (exact) mass is 285 g/mol. The number of rotatable bonds is 6. The van der Waals surface area contributed by atoms with Gasteiger partial charge >= 0.3 is 11.9 Å². The Kier molecular flexibility index (Phi) is 5.14. The fourth-order valence-corrected chi connectivity index (χ4v) is 2.38. The van der Waals surface area contributed by atoms with Crippen LogP contribution < -0.4 is 0 Å². The summed E-state index contributed by atoms with van der Waals surface area (Å²) in [7, 11) is 1.30. The molecule has 1 aliphatic heterocycles. The van der Waals surface area contributed by atoms with Crippen LogP contribution in [0.5, 0.6) is 0 Å². The summed E-state index contributed by atoms with van der Waals surface area (Å²) in [6.45, 7) is 5.61. The van der Waals surface area contributed by atoms with E-state index in [0.29, 0.717) is 19.4 Å². The number of hydrogen-bond acceptors (Lipinski definition) is 4. The molecule has 1 N–H and O–H groups in total. The van der Waals surface area contributed by atoms with Crippen molar-refractivity contribution in [1.82, 2.24) is 4.90 Å². The van der Waals surface area contributed by atoms with Crippen LogP contribution in [0.1, 0.15) is 40.0 Å². The van der Waals surface area contributed by atoms with Crippen molar-refractivity contribution in [2.75, 3.05) is 13.7 Å². The predicted molar refractivity (Wildman–Crippen MR) is 71.9 cm³/mol. The van der Waals surface area contributed by atoms with Crippen LogP contribution in [0.4, 0.5) is 0 Å². The third-order valence-corrected chi connectivity index (χ3v) is 3.95. The minimum atomic E-state index is -0.956. The zero-order valence-corrected chi connectivity index (χ0v) is 12.5. The van der Waals surface area contributed by atoms with Crippen molar-refractivity contribution in [1.29, 1.82) is 0 Å². The topological polar surface area (TPSA) is 83.9 Å². The number of esters is 1. The van der Waals surface area contributed by atoms with E-state index in [-0.39, 0.29) is 18.2 Å². The lowest BCUT2D eigenvalue weighted by Crippen LogP contribution is -2.57. The molecule has 0 saturated carbocycles. The van der Waals surface area contributed by atoms with Crippen molar-refractivity contribution in [3.8, 4) is 0 Å². The predicted octanol–water partition coefficient (Wildman–Crippen LogP) is 1.29. The zero-order valence-electron chi connectivity index (χ0n) is 12.5. The lowest BCUT2D eigenvalue weighted by atomic mass is 9.80. The highest BCUT2D eigenvalue weighted by Gasteiger charge is 2.42. The Labute approximate surface area is 119 Å². The molecule has 2 unspecified atom stereocenters. The normalized spacial score (nSPS) is 20.0. The first-order valence-electron chi connectivity index (χ1n) is 6.86. The molecule has 114 valence electrons. The number of carbonyl (C=O) groups is 3. The Hall–Kier alpha value is -1.59. The molecule has 2 atom stereocenters. The van der Waals surface area contributed by atoms with Gasteiger partial charge in [0.25, 0.3) is 0 Å². The van der Waals surface area contributed by atoms with Crippen LogP contribution in [0.3, 0.4) is 0 Å². The van der Waals surface area contributed by atoms with Gasteiger partial charge in [0.15, 0.2) is 0 Å². The van der Waals surface area contributed by atoms with E-state index in [9.17, 15) is 14.4 Å². The molecule has 1 aliphatic rings. The first kappa shape index (κ1) is 16.5. The molecule has 0 aromatic rings. The molecule has 0 aliphatic carbocycles. The molecule has 1 fully saturated rings. The summed E-state index contributed by atoms with van der Waals surface area (Å²) >= 11 is 0. The molecular weight excluding hydrogens is 262 g/mol. The standard InChI is InChI=1S/C14H23NO5/c1-5-9(8-14(2,3)13(18)19)11(16)15-7-6-10(15)12(17)20-4/h9-10H,5-8H2,1-4H3,(H,18,19). The minimum absolute atomic E-state index is 0.150. The second kappa shape index (κ2) is 6.24. The molecule has 1 saturated heterocycles. The van der Waals surface area contributed by atoms with Crippen LogP contribution >= 0.6 is 0 Å². The van der Waals surface area contributed by atoms with E-state index in [1.165, 1.54) is 12.0 Å². The fourth-order valence-electron chi connectivity index (χ4n) is 2.38. The van der Waals surface area contributed by atoms with Gasteiger partial charge in [-0.05, 0) is 33.1 Å². The second-order valence-corrected chi connectivity index (χ2v) is 5.86. The van der Waals surface area contributed by atoms with Crippen molar-refractivity contribution in [3.05, 3.63) is 0 Å². The molecule has 0 aromatic heterocycles. The largest absolute Gasteiger partial charge is 0.481 e. The van der Waals surface area contributed by atoms with Gasteiger partial charge in [0.1, 0.15) is 6.04 Å². The maximum absolute atomic E-state index is 12.4. The smallest absolute Gasteiger partial charge is 0.328 e. The average Bonchev–Trinajstić information content (AvgIpc) is 2.33. The van der Waals surface area contributed by atoms with Gasteiger partial charge in [0.2, 0.25) is 5.91 Å². The lowest BCUT2D eigenvalue weighted by molar-refractivity contribution is -0.163. The van der Waals surface area contributed by atoms with Crippen LogP contribution in [0.2, 0.25) is 0 Å². The number of hydrogen-bond donors (Lipinski definition) is 1. The summed E-state index contributed by atoms with van der Waals surface area (Å²) in [6.07, 6.45) is 1.43. The lowest BCUT2D eigenvalue weighted by Gasteiger charge is -2.41. The molecule has 0 aromatic carbocycles. The molecule has 1 rings (SSSR count). The highest BCUT2D eigenvalue weighted by molar-refractivity contribution is 5.88. The van der Waals surface area contributed by atoms with E-state index >= 15 is 0 Å². The summed E-state index contributed by atoms with van der Waals surface area (Å²) in [4.78, 5) is 36.6. The molecule has 1 amide bonds. The number of carbonyl (C=O) groups excluding carboxylic acids is 2. The number of ether oxygens (including phenoxy) is 1. The first-order chi connectivity index (χ1) is 9.24. The average molecular weight is 285 g/mol. The van der Waals surface area contributed by atoms with Crippen molar-refractivity contribution in [2.45, 2.75) is 46.1 Å². The molecule has 6 heteroatoms. The van der Waals surface area contributed by atoms with Crippen LogP contribution in [0, 0.1) is 11.3 Å². The first-order valence-corrected chi connectivity index (χ1v) is 6.86. The maximum Gasteiger partial charge on any atom is 0.328 e. The van der Waals surface area contributed by atoms with E-state index in [1.807, 2.05) is 6.92 Å². The molecule has 1 heterocycles. The Bertz CT molecular complexity index is 404. The zero-order chi connectivity index (χ0) is 15.5. The van der Waals surface area contributed by atoms with Gasteiger partial charge in [0, 0.05) is 12.5 Å². The summed E-state index contributed by atoms with van der Waals surface area (Å²) in [5, 5.41) is 9.16. The van der Waals surface area contributed by atoms with Crippen LogP contribution in [0.25, 0.3) is 0 Å². The molecule has 0 radical (unpaired) electrons. The van der Waals surface area contributed by atoms with Gasteiger partial charge in [-0.1, -0.05) is 6.92 Å². The van der Waals surface area contributed by atoms with Crippen molar-refractivity contribution >= 4 is 17.8 Å². The van der Waals surface area contributed by atoms with Crippen molar-refractivity contribution in [2.24, 2.45) is 11.3 Å². The Morgan fingerprint density at radius 3 is 2.35 bits per heavy atom. The highest BCUT2D eigenvalue weighted by Crippen LogP contribution is 2.31. The number of methoxy groups -OCH3 is 1. The second-order valence-electron chi connectivity index (χ2n) is 5.86. The molecule has 20 heavy (non-hydrogen) atoms. The number of carboxylic acids is 1. The number of aliphatic carboxylic acids is 1. The van der Waals surface area contributed by atoms with Crippen molar-refractivity contribution < 1.29 is 24.2 Å². The van der Waals surface area contributed by atoms with E-state index in [4.69, 9.17) is 5.11 Å². The van der Waals surface area contributed by atoms with E-state index in [2.05, 4.69) is 4.74 Å². The Morgan fingerprint density at radius 2 is 2.00 bits per heavy atom. The number of nitrogens with zero attached hydrogens (tertiary/aromatic N) is 1. The van der Waals surface area contributed by atoms with Gasteiger partial charge in [-0.15, -0.1) is 0 Å². The molecule has 0 bridgehead atoms. The quantitative estimate of drug-likeness (QED) is 0.743. The van der Waals surface area contributed by atoms with Crippen LogP contribution in [-0.2, 0) is 19.1 Å². The Balaban J connectivity index is 2.73. The highest BCUT2D eigenvalue weighted by atomic mass is 16.5. The summed E-state index contributed by atoms with van der Waals surface area (Å²) in [5.74, 6) is -1.86. The van der Waals surface area contributed by atoms with Crippen LogP contribution in [-0.4, -0.2) is 47.5 Å². The van der Waals surface area contributed by atoms with Gasteiger partial charge in [0.05, 0.1) is 12.5 Å². The number of likely N-dealkylation sites (tertiary alicyclic amines) is 1. The van der Waals surface area contributed by atoms with E-state index in [1.54, 1.807) is 13.8 Å². The van der Waals surface area contributed by atoms with E-state index in [0.717, 1.165) is 0 Å². The number of carboxylic acid groups (broad SMARTS) is 1. The Morgan fingerprint density at radius 1 is 1.40 bits per heavy atom. The van der Waals surface area contributed by atoms with Gasteiger partial charge in [-0.25, -0.2) is 4.79 Å². The van der Waals surface area contributed by atoms with Gasteiger partial charge in [-0.3, -0.25) is 9.59 Å². The summed E-state index contributed by atoms with van der Waals surface area (Å²) in [5.41, 5.74) is -0.956. The fraction of sp³-hybridized carbons (Fsp3) is 0.786. The third-order valence-electron chi connectivity index (χ3n) is 3.95. The molecule has 0 spiro atoms. The third kappa shape index (κ3) is 3.29. The maximum atomic E-state index is 12.4. The van der Waals surface area contributed by atoms with Crippen LogP contribution in [0.15, 0.2) is 0 Å². The van der Waals surface area contributed by atoms with Gasteiger partial charge < -0.3 is 14.7 Å². The molecular formula is C14H23NO5. The summed E-state index contributed by atoms with van der Waals surface area (Å²) < 4.78 is 4.66. The molecule has 6 nitrogen and oxygen atoms in total. The summed E-state index contributed by atoms with van der Waals surface area (Å²) in [6, 6.07) is -0.505. The SMILES string of the molecule is CCC(CC(C)(C)C(=O)O)C(=O)N1CCC1C(=O)OC. The number of amides is 1. The van der Waals surface area contributed by atoms with Crippen molar-refractivity contribution in [3.63, 3.8) is 0 Å². The minimum Gasteiger partial charge on any atom is -0.481 e.